The first-order chi connectivity index (χ1) is 9.89. The van der Waals surface area contributed by atoms with Gasteiger partial charge in [-0.1, -0.05) is 46.9 Å². The monoisotopic (exact) mass is 364 g/mol. The molecule has 4 nitrogen and oxygen atoms in total. The van der Waals surface area contributed by atoms with Crippen molar-refractivity contribution in [3.63, 3.8) is 0 Å². The normalized spacial score (nSPS) is 21.3. The maximum Gasteiger partial charge on any atom is 0.333 e. The van der Waals surface area contributed by atoms with Crippen LogP contribution in [-0.2, 0) is 19.7 Å². The Morgan fingerprint density at radius 1 is 1.27 bits per heavy atom. The third-order valence-electron chi connectivity index (χ3n) is 3.73. The fourth-order valence-electron chi connectivity index (χ4n) is 2.02. The first kappa shape index (κ1) is 17.4. The molecule has 0 bridgehead atoms. The zero-order valence-electron chi connectivity index (χ0n) is 12.5. The van der Waals surface area contributed by atoms with Crippen LogP contribution in [-0.4, -0.2) is 21.3 Å². The van der Waals surface area contributed by atoms with E-state index in [-0.39, 0.29) is 0 Å². The van der Waals surface area contributed by atoms with Gasteiger partial charge in [0.05, 0.1) is 0 Å². The quantitative estimate of drug-likeness (QED) is 0.345. The Labute approximate surface area is 143 Å². The van der Waals surface area contributed by atoms with Crippen LogP contribution in [0.3, 0.4) is 0 Å². The Hall–Kier alpha value is -0.970. The van der Waals surface area contributed by atoms with Gasteiger partial charge in [0, 0.05) is 5.56 Å². The maximum atomic E-state index is 12.6. The summed E-state index contributed by atoms with van der Waals surface area (Å²) in [4.78, 5) is 24.8. The van der Waals surface area contributed by atoms with Crippen LogP contribution in [0, 0.1) is 6.92 Å². The molecule has 0 N–H and O–H groups in total. The highest BCUT2D eigenvalue weighted by atomic mass is 35.6. The van der Waals surface area contributed by atoms with Gasteiger partial charge < -0.3 is 9.47 Å². The van der Waals surface area contributed by atoms with Crippen molar-refractivity contribution in [2.75, 3.05) is 0 Å². The fraction of sp³-hybridized carbons (Fsp3) is 0.467. The number of rotatable bonds is 2. The van der Waals surface area contributed by atoms with Crippen LogP contribution in [0.15, 0.2) is 18.2 Å². The standard InChI is InChI=1S/C15H15Cl3O4/c1-8-5-6-9-10(7-8)21-11(19)14(9,4)12(20)22-13(2,3)15(16,17)18/h5-7H,1-4H3/t14-/m0/s1. The molecule has 1 aromatic carbocycles. The number of aryl methyl sites for hydroxylation is 1. The van der Waals surface area contributed by atoms with Crippen molar-refractivity contribution in [1.29, 1.82) is 0 Å². The second kappa shape index (κ2) is 5.29. The second-order valence-corrected chi connectivity index (χ2v) is 8.19. The van der Waals surface area contributed by atoms with Gasteiger partial charge in [0.2, 0.25) is 3.79 Å². The Morgan fingerprint density at radius 2 is 1.86 bits per heavy atom. The van der Waals surface area contributed by atoms with Crippen molar-refractivity contribution in [1.82, 2.24) is 0 Å². The summed E-state index contributed by atoms with van der Waals surface area (Å²) in [7, 11) is 0. The summed E-state index contributed by atoms with van der Waals surface area (Å²) in [5.74, 6) is -1.19. The smallest absolute Gasteiger partial charge is 0.333 e. The molecular formula is C15H15Cl3O4. The molecule has 0 saturated heterocycles. The molecular weight excluding hydrogens is 351 g/mol. The summed E-state index contributed by atoms with van der Waals surface area (Å²) >= 11 is 17.4. The number of carbonyl (C=O) groups is 2. The number of esters is 2. The lowest BCUT2D eigenvalue weighted by Crippen LogP contribution is -2.48. The molecule has 1 atom stereocenters. The molecule has 0 aliphatic carbocycles. The van der Waals surface area contributed by atoms with E-state index >= 15 is 0 Å². The summed E-state index contributed by atoms with van der Waals surface area (Å²) in [6, 6.07) is 5.14. The van der Waals surface area contributed by atoms with Crippen molar-refractivity contribution in [3.05, 3.63) is 29.3 Å². The molecule has 0 saturated carbocycles. The van der Waals surface area contributed by atoms with Crippen LogP contribution in [0.4, 0.5) is 0 Å². The van der Waals surface area contributed by atoms with Crippen molar-refractivity contribution in [2.24, 2.45) is 0 Å². The number of halogens is 3. The van der Waals surface area contributed by atoms with Gasteiger partial charge >= 0.3 is 11.9 Å². The van der Waals surface area contributed by atoms with Crippen LogP contribution in [0.25, 0.3) is 0 Å². The number of ether oxygens (including phenoxy) is 2. The van der Waals surface area contributed by atoms with E-state index in [1.54, 1.807) is 18.2 Å². The predicted molar refractivity (Wildman–Crippen MR) is 84.6 cm³/mol. The summed E-state index contributed by atoms with van der Waals surface area (Å²) in [5.41, 5.74) is -1.65. The molecule has 2 rings (SSSR count). The maximum absolute atomic E-state index is 12.6. The Kier molecular flexibility index (Phi) is 4.18. The highest BCUT2D eigenvalue weighted by Gasteiger charge is 2.56. The molecule has 22 heavy (non-hydrogen) atoms. The number of benzene rings is 1. The van der Waals surface area contributed by atoms with E-state index in [0.717, 1.165) is 5.56 Å². The van der Waals surface area contributed by atoms with E-state index in [9.17, 15) is 9.59 Å². The number of carbonyl (C=O) groups excluding carboxylic acids is 2. The van der Waals surface area contributed by atoms with Gasteiger partial charge in [-0.05, 0) is 39.3 Å². The third-order valence-corrected chi connectivity index (χ3v) is 5.09. The highest BCUT2D eigenvalue weighted by molar-refractivity contribution is 6.68. The molecule has 0 unspecified atom stereocenters. The van der Waals surface area contributed by atoms with E-state index in [4.69, 9.17) is 44.3 Å². The molecule has 0 aromatic heterocycles. The molecule has 120 valence electrons. The number of hydrogen-bond acceptors (Lipinski definition) is 4. The fourth-order valence-corrected chi connectivity index (χ4v) is 2.14. The minimum absolute atomic E-state index is 0.344. The molecule has 1 aliphatic heterocycles. The lowest BCUT2D eigenvalue weighted by Gasteiger charge is -2.34. The SMILES string of the molecule is Cc1ccc2c(c1)OC(=O)[C@@]2(C)C(=O)OC(C)(C)C(Cl)(Cl)Cl. The predicted octanol–water partition coefficient (Wildman–Crippen LogP) is 3.86. The molecule has 0 fully saturated rings. The Balaban J connectivity index is 2.40. The zero-order chi connectivity index (χ0) is 16.9. The van der Waals surface area contributed by atoms with Crippen molar-refractivity contribution in [3.8, 4) is 5.75 Å². The van der Waals surface area contributed by atoms with Crippen molar-refractivity contribution >= 4 is 46.7 Å². The third kappa shape index (κ3) is 2.68. The summed E-state index contributed by atoms with van der Waals surface area (Å²) in [6.45, 7) is 6.20. The minimum Gasteiger partial charge on any atom is -0.454 e. The van der Waals surface area contributed by atoms with Gasteiger partial charge in [-0.3, -0.25) is 9.59 Å². The first-order valence-corrected chi connectivity index (χ1v) is 7.66. The molecule has 0 radical (unpaired) electrons. The Morgan fingerprint density at radius 3 is 2.41 bits per heavy atom. The van der Waals surface area contributed by atoms with Crippen LogP contribution >= 0.6 is 34.8 Å². The van der Waals surface area contributed by atoms with Crippen LogP contribution in [0.2, 0.25) is 0 Å². The number of fused-ring (bicyclic) bond motifs is 1. The topological polar surface area (TPSA) is 52.6 Å². The lowest BCUT2D eigenvalue weighted by atomic mass is 9.83. The largest absolute Gasteiger partial charge is 0.454 e. The molecule has 0 spiro atoms. The zero-order valence-corrected chi connectivity index (χ0v) is 14.8. The first-order valence-electron chi connectivity index (χ1n) is 6.53. The molecule has 1 aliphatic rings. The summed E-state index contributed by atoms with van der Waals surface area (Å²) < 4.78 is 8.66. The van der Waals surface area contributed by atoms with E-state index in [0.29, 0.717) is 11.3 Å². The lowest BCUT2D eigenvalue weighted by molar-refractivity contribution is -0.167. The van der Waals surface area contributed by atoms with E-state index < -0.39 is 26.7 Å². The van der Waals surface area contributed by atoms with Crippen LogP contribution in [0.5, 0.6) is 5.75 Å². The van der Waals surface area contributed by atoms with Crippen molar-refractivity contribution in [2.45, 2.75) is 42.5 Å². The molecule has 7 heteroatoms. The van der Waals surface area contributed by atoms with E-state index in [1.165, 1.54) is 20.8 Å². The van der Waals surface area contributed by atoms with E-state index in [2.05, 4.69) is 0 Å². The molecule has 1 aromatic rings. The van der Waals surface area contributed by atoms with Gasteiger partial charge in [0.15, 0.2) is 11.0 Å². The molecule has 0 amide bonds. The number of alkyl halides is 3. The number of hydrogen-bond donors (Lipinski definition) is 0. The van der Waals surface area contributed by atoms with Crippen LogP contribution < -0.4 is 4.74 Å². The van der Waals surface area contributed by atoms with Crippen LogP contribution in [0.1, 0.15) is 31.9 Å². The van der Waals surface area contributed by atoms with Gasteiger partial charge in [0.25, 0.3) is 0 Å². The second-order valence-electron chi connectivity index (χ2n) is 5.91. The van der Waals surface area contributed by atoms with E-state index in [1.807, 2.05) is 6.92 Å². The van der Waals surface area contributed by atoms with Gasteiger partial charge in [0.1, 0.15) is 5.75 Å². The Bertz CT molecular complexity index is 649. The summed E-state index contributed by atoms with van der Waals surface area (Å²) in [6.07, 6.45) is 0. The average molecular weight is 366 g/mol. The van der Waals surface area contributed by atoms with Gasteiger partial charge in [-0.25, -0.2) is 0 Å². The minimum atomic E-state index is -1.84. The van der Waals surface area contributed by atoms with Gasteiger partial charge in [-0.2, -0.15) is 0 Å². The summed E-state index contributed by atoms with van der Waals surface area (Å²) in [5, 5.41) is 0. The molecule has 1 heterocycles. The highest BCUT2D eigenvalue weighted by Crippen LogP contribution is 2.45. The van der Waals surface area contributed by atoms with Gasteiger partial charge in [-0.15, -0.1) is 0 Å². The average Bonchev–Trinajstić information content (AvgIpc) is 2.60. The van der Waals surface area contributed by atoms with Crippen molar-refractivity contribution < 1.29 is 19.1 Å².